The van der Waals surface area contributed by atoms with Gasteiger partial charge in [-0.15, -0.1) is 0 Å². The molecule has 0 unspecified atom stereocenters. The molecule has 6 nitrogen and oxygen atoms in total. The first-order chi connectivity index (χ1) is 14.0. The maximum Gasteiger partial charge on any atom is 0.255 e. The molecule has 1 N–H and O–H groups in total. The average molecular weight is 394 g/mol. The number of carbonyl (C=O) groups is 1. The Labute approximate surface area is 173 Å². The summed E-state index contributed by atoms with van der Waals surface area (Å²) < 4.78 is 0. The molecule has 0 aliphatic heterocycles. The van der Waals surface area contributed by atoms with E-state index in [1.165, 1.54) is 0 Å². The van der Waals surface area contributed by atoms with Crippen LogP contribution in [0.15, 0.2) is 48.8 Å². The van der Waals surface area contributed by atoms with Crippen LogP contribution >= 0.6 is 0 Å². The first kappa shape index (κ1) is 20.7. The minimum Gasteiger partial charge on any atom is -0.372 e. The molecule has 0 atom stereocenters. The molecule has 0 bridgehead atoms. The number of carbonyl (C=O) groups excluding carboxylic acids is 1. The Hall–Kier alpha value is -3.02. The zero-order chi connectivity index (χ0) is 20.8. The summed E-state index contributed by atoms with van der Waals surface area (Å²) in [7, 11) is 6.04. The van der Waals surface area contributed by atoms with Crippen molar-refractivity contribution in [1.29, 1.82) is 0 Å². The predicted octanol–water partition coefficient (Wildman–Crippen LogP) is 4.01. The van der Waals surface area contributed by atoms with Crippen molar-refractivity contribution >= 4 is 28.3 Å². The molecule has 1 amide bonds. The van der Waals surface area contributed by atoms with Gasteiger partial charge in [0.05, 0.1) is 11.3 Å². The van der Waals surface area contributed by atoms with Gasteiger partial charge in [-0.1, -0.05) is 18.2 Å². The maximum absolute atomic E-state index is 12.8. The molecule has 0 fully saturated rings. The molecule has 2 heterocycles. The number of hydrogen-bond acceptors (Lipinski definition) is 4. The van der Waals surface area contributed by atoms with E-state index in [0.29, 0.717) is 0 Å². The van der Waals surface area contributed by atoms with Crippen LogP contribution in [0.3, 0.4) is 0 Å². The van der Waals surface area contributed by atoms with E-state index in [2.05, 4.69) is 46.9 Å². The highest BCUT2D eigenvalue weighted by molar-refractivity contribution is 6.06. The van der Waals surface area contributed by atoms with Crippen LogP contribution < -0.4 is 9.80 Å². The van der Waals surface area contributed by atoms with Crippen molar-refractivity contribution in [2.24, 2.45) is 0 Å². The first-order valence-electron chi connectivity index (χ1n) is 10.2. The van der Waals surface area contributed by atoms with Crippen molar-refractivity contribution in [2.75, 3.05) is 50.6 Å². The van der Waals surface area contributed by atoms with Gasteiger partial charge in [0.2, 0.25) is 0 Å². The molecule has 29 heavy (non-hydrogen) atoms. The summed E-state index contributed by atoms with van der Waals surface area (Å²) >= 11 is 0. The quantitative estimate of drug-likeness (QED) is 0.558. The van der Waals surface area contributed by atoms with Crippen LogP contribution in [-0.4, -0.2) is 61.6 Å². The fourth-order valence-electron chi connectivity index (χ4n) is 3.51. The average Bonchev–Trinajstić information content (AvgIpc) is 3.19. The van der Waals surface area contributed by atoms with Gasteiger partial charge in [0.1, 0.15) is 0 Å². The molecule has 3 rings (SSSR count). The molecule has 3 aromatic rings. The Morgan fingerprint density at radius 2 is 1.76 bits per heavy atom. The van der Waals surface area contributed by atoms with Gasteiger partial charge in [-0.3, -0.25) is 4.79 Å². The largest absolute Gasteiger partial charge is 0.372 e. The summed E-state index contributed by atoms with van der Waals surface area (Å²) in [4.78, 5) is 26.8. The molecule has 6 heteroatoms. The highest BCUT2D eigenvalue weighted by atomic mass is 16.2. The van der Waals surface area contributed by atoms with E-state index in [4.69, 9.17) is 0 Å². The summed E-state index contributed by atoms with van der Waals surface area (Å²) in [5.41, 5.74) is 2.87. The van der Waals surface area contributed by atoms with Gasteiger partial charge < -0.3 is 19.7 Å². The summed E-state index contributed by atoms with van der Waals surface area (Å²) in [5.74, 6) is 1.06. The van der Waals surface area contributed by atoms with Crippen LogP contribution in [0.5, 0.6) is 0 Å². The third kappa shape index (κ3) is 4.70. The first-order valence-corrected chi connectivity index (χ1v) is 10.2. The van der Waals surface area contributed by atoms with Crippen molar-refractivity contribution in [3.05, 3.63) is 54.4 Å². The predicted molar refractivity (Wildman–Crippen MR) is 121 cm³/mol. The molecule has 1 aromatic carbocycles. The Kier molecular flexibility index (Phi) is 6.75. The van der Waals surface area contributed by atoms with E-state index in [1.807, 2.05) is 54.7 Å². The van der Waals surface area contributed by atoms with Crippen molar-refractivity contribution < 1.29 is 4.79 Å². The molecular formula is C23H31N5O. The van der Waals surface area contributed by atoms with E-state index in [9.17, 15) is 4.79 Å². The number of pyridine rings is 1. The van der Waals surface area contributed by atoms with Gasteiger partial charge >= 0.3 is 0 Å². The van der Waals surface area contributed by atoms with Gasteiger partial charge in [0.25, 0.3) is 5.91 Å². The molecule has 2 aromatic heterocycles. The SMILES string of the molecule is CCN(C)c1cccnc1N(C)CCCCN(C)C(=O)c1c[nH]c2ccccc12. The van der Waals surface area contributed by atoms with E-state index >= 15 is 0 Å². The van der Waals surface area contributed by atoms with E-state index in [-0.39, 0.29) is 5.91 Å². The molecular weight excluding hydrogens is 362 g/mol. The molecule has 0 saturated heterocycles. The van der Waals surface area contributed by atoms with Crippen LogP contribution in [0.4, 0.5) is 11.5 Å². The Bertz CT molecular complexity index is 951. The molecule has 0 aliphatic carbocycles. The number of nitrogens with one attached hydrogen (secondary N) is 1. The standard InChI is InChI=1S/C23H31N5O/c1-5-26(2)21-13-10-14-24-22(21)27(3)15-8-9-16-28(4)23(29)19-17-25-20-12-7-6-11-18(19)20/h6-7,10-14,17,25H,5,8-9,15-16H2,1-4H3. The number of aromatic nitrogens is 2. The number of benzene rings is 1. The highest BCUT2D eigenvalue weighted by Gasteiger charge is 2.16. The lowest BCUT2D eigenvalue weighted by Gasteiger charge is -2.26. The van der Waals surface area contributed by atoms with Crippen molar-refractivity contribution in [3.8, 4) is 0 Å². The van der Waals surface area contributed by atoms with Gasteiger partial charge in [0, 0.05) is 64.1 Å². The highest BCUT2D eigenvalue weighted by Crippen LogP contribution is 2.25. The number of fused-ring (bicyclic) bond motifs is 1. The lowest BCUT2D eigenvalue weighted by molar-refractivity contribution is 0.0795. The molecule has 0 saturated carbocycles. The number of H-pyrrole nitrogens is 1. The Balaban J connectivity index is 1.52. The number of para-hydroxylation sites is 1. The Morgan fingerprint density at radius 1 is 1.00 bits per heavy atom. The van der Waals surface area contributed by atoms with Crippen molar-refractivity contribution in [2.45, 2.75) is 19.8 Å². The van der Waals surface area contributed by atoms with Gasteiger partial charge in [-0.2, -0.15) is 0 Å². The summed E-state index contributed by atoms with van der Waals surface area (Å²) in [6.07, 6.45) is 5.59. The van der Waals surface area contributed by atoms with E-state index < -0.39 is 0 Å². The second kappa shape index (κ2) is 9.45. The maximum atomic E-state index is 12.8. The number of amides is 1. The monoisotopic (exact) mass is 393 g/mol. The van der Waals surface area contributed by atoms with Crippen LogP contribution in [0.25, 0.3) is 10.9 Å². The fraction of sp³-hybridized carbons (Fsp3) is 0.391. The smallest absolute Gasteiger partial charge is 0.255 e. The third-order valence-electron chi connectivity index (χ3n) is 5.42. The van der Waals surface area contributed by atoms with Crippen LogP contribution in [0, 0.1) is 0 Å². The normalized spacial score (nSPS) is 10.9. The molecule has 154 valence electrons. The second-order valence-corrected chi connectivity index (χ2v) is 7.46. The molecule has 0 radical (unpaired) electrons. The Morgan fingerprint density at radius 3 is 2.55 bits per heavy atom. The number of unbranched alkanes of at least 4 members (excludes halogenated alkanes) is 1. The number of aromatic amines is 1. The van der Waals surface area contributed by atoms with Crippen LogP contribution in [0.2, 0.25) is 0 Å². The van der Waals surface area contributed by atoms with Gasteiger partial charge in [-0.25, -0.2) is 4.98 Å². The molecule has 0 spiro atoms. The van der Waals surface area contributed by atoms with Crippen molar-refractivity contribution in [3.63, 3.8) is 0 Å². The number of rotatable bonds is 9. The zero-order valence-corrected chi connectivity index (χ0v) is 17.9. The van der Waals surface area contributed by atoms with Crippen LogP contribution in [-0.2, 0) is 0 Å². The molecule has 0 aliphatic rings. The number of hydrogen-bond donors (Lipinski definition) is 1. The third-order valence-corrected chi connectivity index (χ3v) is 5.42. The lowest BCUT2D eigenvalue weighted by Crippen LogP contribution is -2.29. The van der Waals surface area contributed by atoms with Crippen LogP contribution in [0.1, 0.15) is 30.1 Å². The van der Waals surface area contributed by atoms with E-state index in [1.54, 1.807) is 0 Å². The van der Waals surface area contributed by atoms with Gasteiger partial charge in [0.15, 0.2) is 5.82 Å². The summed E-state index contributed by atoms with van der Waals surface area (Å²) in [5, 5.41) is 0.979. The summed E-state index contributed by atoms with van der Waals surface area (Å²) in [6, 6.07) is 12.0. The lowest BCUT2D eigenvalue weighted by atomic mass is 10.1. The summed E-state index contributed by atoms with van der Waals surface area (Å²) in [6.45, 7) is 4.71. The minimum atomic E-state index is 0.0624. The van der Waals surface area contributed by atoms with Gasteiger partial charge in [-0.05, 0) is 38.0 Å². The second-order valence-electron chi connectivity index (χ2n) is 7.46. The van der Waals surface area contributed by atoms with Crippen molar-refractivity contribution in [1.82, 2.24) is 14.9 Å². The fourth-order valence-corrected chi connectivity index (χ4v) is 3.51. The van der Waals surface area contributed by atoms with E-state index in [0.717, 1.165) is 60.4 Å². The topological polar surface area (TPSA) is 55.5 Å². The number of anilines is 2. The zero-order valence-electron chi connectivity index (χ0n) is 17.9. The number of nitrogens with zero attached hydrogens (tertiary/aromatic N) is 4. The minimum absolute atomic E-state index is 0.0624.